The Morgan fingerprint density at radius 2 is 2.00 bits per heavy atom. The molecule has 0 unspecified atom stereocenters. The number of phenolic OH excluding ortho intramolecular Hbond substituents is 1. The molecule has 0 aromatic heterocycles. The van der Waals surface area contributed by atoms with Crippen LogP contribution >= 0.6 is 0 Å². The highest BCUT2D eigenvalue weighted by atomic mass is 16.6. The topological polar surface area (TPSA) is 59.0 Å². The molecule has 0 saturated carbocycles. The van der Waals surface area contributed by atoms with Gasteiger partial charge in [0.1, 0.15) is 25.2 Å². The van der Waals surface area contributed by atoms with Gasteiger partial charge in [0.25, 0.3) is 5.91 Å². The number of amides is 1. The normalized spacial score (nSPS) is 14.3. The minimum atomic E-state index is -0.282. The smallest absolute Gasteiger partial charge is 0.296 e. The predicted octanol–water partition coefficient (Wildman–Crippen LogP) is 1.24. The van der Waals surface area contributed by atoms with Crippen molar-refractivity contribution in [3.8, 4) is 5.75 Å². The summed E-state index contributed by atoms with van der Waals surface area (Å²) >= 11 is 0. The van der Waals surface area contributed by atoms with Gasteiger partial charge in [0.05, 0.1) is 0 Å². The molecule has 0 fully saturated rings. The number of hydrogen-bond acceptors (Lipinski definition) is 4. The van der Waals surface area contributed by atoms with E-state index in [4.69, 9.17) is 14.6 Å². The fourth-order valence-corrected chi connectivity index (χ4v) is 1.44. The lowest BCUT2D eigenvalue weighted by atomic mass is 10.2. The lowest BCUT2D eigenvalue weighted by Gasteiger charge is -2.21. The van der Waals surface area contributed by atoms with E-state index < -0.39 is 0 Å². The van der Waals surface area contributed by atoms with Gasteiger partial charge in [-0.2, -0.15) is 0 Å². The first-order valence-electron chi connectivity index (χ1n) is 5.20. The van der Waals surface area contributed by atoms with Crippen molar-refractivity contribution in [2.24, 2.45) is 0 Å². The van der Waals surface area contributed by atoms with E-state index in [1.165, 1.54) is 23.3 Å². The fourth-order valence-electron chi connectivity index (χ4n) is 1.44. The molecule has 1 N–H and O–H groups in total. The maximum atomic E-state index is 12.0. The van der Waals surface area contributed by atoms with Crippen molar-refractivity contribution in [2.75, 3.05) is 25.2 Å². The third-order valence-corrected chi connectivity index (χ3v) is 2.40. The summed E-state index contributed by atoms with van der Waals surface area (Å²) in [7, 11) is 1.63. The molecule has 1 aromatic carbocycles. The number of benzene rings is 1. The second-order valence-electron chi connectivity index (χ2n) is 3.58. The Morgan fingerprint density at radius 1 is 1.29 bits per heavy atom. The van der Waals surface area contributed by atoms with Crippen molar-refractivity contribution < 1.29 is 19.4 Å². The molecule has 0 bridgehead atoms. The van der Waals surface area contributed by atoms with Crippen LogP contribution in [0.3, 0.4) is 0 Å². The van der Waals surface area contributed by atoms with E-state index in [1.807, 2.05) is 0 Å². The average molecular weight is 235 g/mol. The summed E-state index contributed by atoms with van der Waals surface area (Å²) in [5.41, 5.74) is 0.669. The number of likely N-dealkylation sites (N-methyl/N-ethyl adjacent to an activating group) is 1. The van der Waals surface area contributed by atoms with Crippen LogP contribution in [0.1, 0.15) is 0 Å². The van der Waals surface area contributed by atoms with Gasteiger partial charge >= 0.3 is 0 Å². The van der Waals surface area contributed by atoms with Crippen LogP contribution in [0, 0.1) is 0 Å². The number of ether oxygens (including phenoxy) is 2. The molecule has 2 rings (SSSR count). The number of carbonyl (C=O) groups is 1. The third kappa shape index (κ3) is 2.50. The summed E-state index contributed by atoms with van der Waals surface area (Å²) in [6.45, 7) is 0.834. The van der Waals surface area contributed by atoms with Crippen LogP contribution in [0.25, 0.3) is 0 Å². The average Bonchev–Trinajstić information content (AvgIpc) is 2.39. The quantitative estimate of drug-likeness (QED) is 0.838. The zero-order valence-electron chi connectivity index (χ0n) is 9.42. The van der Waals surface area contributed by atoms with Crippen molar-refractivity contribution >= 4 is 11.6 Å². The number of anilines is 1. The van der Waals surface area contributed by atoms with E-state index in [0.29, 0.717) is 18.9 Å². The molecular weight excluding hydrogens is 222 g/mol. The van der Waals surface area contributed by atoms with E-state index >= 15 is 0 Å². The molecule has 0 radical (unpaired) electrons. The molecule has 0 aliphatic carbocycles. The minimum absolute atomic E-state index is 0.158. The van der Waals surface area contributed by atoms with Crippen LogP contribution in [-0.2, 0) is 14.3 Å². The summed E-state index contributed by atoms with van der Waals surface area (Å²) < 4.78 is 10.2. The third-order valence-electron chi connectivity index (χ3n) is 2.40. The van der Waals surface area contributed by atoms with Gasteiger partial charge in [-0.1, -0.05) is 0 Å². The van der Waals surface area contributed by atoms with Crippen LogP contribution < -0.4 is 4.90 Å². The minimum Gasteiger partial charge on any atom is -0.508 e. The van der Waals surface area contributed by atoms with Crippen LogP contribution in [-0.4, -0.2) is 31.3 Å². The highest BCUT2D eigenvalue weighted by Gasteiger charge is 2.20. The van der Waals surface area contributed by atoms with Crippen LogP contribution in [0.4, 0.5) is 5.69 Å². The Bertz CT molecular complexity index is 438. The number of phenols is 1. The van der Waals surface area contributed by atoms with Gasteiger partial charge in [0.15, 0.2) is 0 Å². The van der Waals surface area contributed by atoms with E-state index in [1.54, 1.807) is 19.2 Å². The Kier molecular flexibility index (Phi) is 3.18. The van der Waals surface area contributed by atoms with Gasteiger partial charge < -0.3 is 19.5 Å². The zero-order valence-corrected chi connectivity index (χ0v) is 9.42. The summed E-state index contributed by atoms with van der Waals surface area (Å²) in [6, 6.07) is 6.34. The summed E-state index contributed by atoms with van der Waals surface area (Å²) in [6.07, 6.45) is 1.32. The van der Waals surface area contributed by atoms with E-state index in [2.05, 4.69) is 0 Å². The van der Waals surface area contributed by atoms with Crippen molar-refractivity contribution in [1.29, 1.82) is 0 Å². The Hall–Kier alpha value is -2.17. The first kappa shape index (κ1) is 11.3. The van der Waals surface area contributed by atoms with Crippen LogP contribution in [0.2, 0.25) is 0 Å². The van der Waals surface area contributed by atoms with E-state index in [9.17, 15) is 4.79 Å². The molecule has 17 heavy (non-hydrogen) atoms. The molecule has 1 aromatic rings. The highest BCUT2D eigenvalue weighted by Crippen LogP contribution is 2.19. The summed E-state index contributed by atoms with van der Waals surface area (Å²) in [5, 5.41) is 9.17. The molecule has 90 valence electrons. The lowest BCUT2D eigenvalue weighted by Crippen LogP contribution is -2.30. The summed E-state index contributed by atoms with van der Waals surface area (Å²) in [4.78, 5) is 13.4. The Labute approximate surface area is 98.9 Å². The predicted molar refractivity (Wildman–Crippen MR) is 61.5 cm³/mol. The van der Waals surface area contributed by atoms with Gasteiger partial charge in [-0.25, -0.2) is 0 Å². The molecule has 1 amide bonds. The van der Waals surface area contributed by atoms with Crippen molar-refractivity contribution in [2.45, 2.75) is 0 Å². The van der Waals surface area contributed by atoms with Crippen LogP contribution in [0.5, 0.6) is 5.75 Å². The molecule has 0 atom stereocenters. The van der Waals surface area contributed by atoms with Crippen molar-refractivity contribution in [3.63, 3.8) is 0 Å². The van der Waals surface area contributed by atoms with Gasteiger partial charge in [-0.05, 0) is 24.3 Å². The number of rotatable bonds is 2. The first-order chi connectivity index (χ1) is 8.18. The zero-order chi connectivity index (χ0) is 12.3. The molecule has 5 heteroatoms. The maximum absolute atomic E-state index is 12.0. The highest BCUT2D eigenvalue weighted by molar-refractivity contribution is 6.03. The second kappa shape index (κ2) is 4.78. The molecule has 0 spiro atoms. The number of hydrogen-bond donors (Lipinski definition) is 1. The maximum Gasteiger partial charge on any atom is 0.296 e. The van der Waals surface area contributed by atoms with E-state index in [-0.39, 0.29) is 17.4 Å². The van der Waals surface area contributed by atoms with Gasteiger partial charge in [-0.3, -0.25) is 4.79 Å². The SMILES string of the molecule is CN(C(=O)C1=COCCO1)c1ccc(O)cc1. The van der Waals surface area contributed by atoms with Crippen molar-refractivity contribution in [1.82, 2.24) is 0 Å². The monoisotopic (exact) mass is 235 g/mol. The number of nitrogens with zero attached hydrogens (tertiary/aromatic N) is 1. The molecule has 1 aliphatic rings. The fraction of sp³-hybridized carbons (Fsp3) is 0.250. The molecule has 1 aliphatic heterocycles. The Balaban J connectivity index is 2.14. The van der Waals surface area contributed by atoms with Gasteiger partial charge in [0, 0.05) is 12.7 Å². The van der Waals surface area contributed by atoms with E-state index in [0.717, 1.165) is 0 Å². The Morgan fingerprint density at radius 3 is 2.59 bits per heavy atom. The lowest BCUT2D eigenvalue weighted by molar-refractivity contribution is -0.119. The molecule has 1 heterocycles. The van der Waals surface area contributed by atoms with Crippen LogP contribution in [0.15, 0.2) is 36.3 Å². The molecule has 0 saturated heterocycles. The molecular formula is C12H13NO4. The van der Waals surface area contributed by atoms with Gasteiger partial charge in [-0.15, -0.1) is 0 Å². The van der Waals surface area contributed by atoms with Gasteiger partial charge in [0.2, 0.25) is 5.76 Å². The number of aromatic hydroxyl groups is 1. The largest absolute Gasteiger partial charge is 0.508 e. The number of carbonyl (C=O) groups excluding carboxylic acids is 1. The second-order valence-corrected chi connectivity index (χ2v) is 3.58. The standard InChI is InChI=1S/C12H13NO4/c1-13(9-2-4-10(14)5-3-9)12(15)11-8-16-6-7-17-11/h2-5,8,14H,6-7H2,1H3. The van der Waals surface area contributed by atoms with Crippen molar-refractivity contribution in [3.05, 3.63) is 36.3 Å². The first-order valence-corrected chi connectivity index (χ1v) is 5.20. The molecule has 5 nitrogen and oxygen atoms in total. The summed E-state index contributed by atoms with van der Waals surface area (Å²) in [5.74, 6) is 0.0632.